The van der Waals surface area contributed by atoms with E-state index in [1.165, 1.54) is 17.4 Å². The van der Waals surface area contributed by atoms with Crippen molar-refractivity contribution in [3.8, 4) is 0 Å². The van der Waals surface area contributed by atoms with Crippen LogP contribution in [0.15, 0.2) is 27.7 Å². The number of amides is 1. The summed E-state index contributed by atoms with van der Waals surface area (Å²) in [5.41, 5.74) is 2.54. The Morgan fingerprint density at radius 3 is 2.68 bits per heavy atom. The van der Waals surface area contributed by atoms with Gasteiger partial charge < -0.3 is 9.74 Å². The van der Waals surface area contributed by atoms with E-state index in [0.717, 1.165) is 52.2 Å². The van der Waals surface area contributed by atoms with Gasteiger partial charge in [-0.15, -0.1) is 22.9 Å². The van der Waals surface area contributed by atoms with Crippen molar-refractivity contribution in [3.63, 3.8) is 0 Å². The second kappa shape index (κ2) is 10.2. The average Bonchev–Trinajstić information content (AvgIpc) is 3.53. The number of likely N-dealkylation sites (tertiary alicyclic amines) is 1. The van der Waals surface area contributed by atoms with Crippen LogP contribution < -0.4 is 0 Å². The molecule has 1 aromatic rings. The average molecular weight is 593 g/mol. The van der Waals surface area contributed by atoms with E-state index in [-0.39, 0.29) is 36.6 Å². The van der Waals surface area contributed by atoms with Gasteiger partial charge >= 0.3 is 6.18 Å². The zero-order chi connectivity index (χ0) is 27.4. The molecule has 2 aliphatic carbocycles. The molecule has 206 valence electrons. The van der Waals surface area contributed by atoms with Gasteiger partial charge in [0.15, 0.2) is 11.4 Å². The van der Waals surface area contributed by atoms with Gasteiger partial charge in [-0.3, -0.25) is 9.59 Å². The number of rotatable bonds is 6. The molecular formula is C26H26Cl2F4N2O3S. The lowest BCUT2D eigenvalue weighted by Crippen LogP contribution is -2.36. The third-order valence-electron chi connectivity index (χ3n) is 7.69. The summed E-state index contributed by atoms with van der Waals surface area (Å²) >= 11 is 13.5. The monoisotopic (exact) mass is 592 g/mol. The standard InChI is InChI=1S/C26H26Cl2F4N2O3S/c1-25(14-9-17(27)21(29)18(28)10-14)11-19(33-37-25)22-15-4-2-3-5-16(15)23(38-22)20(35)8-13-6-7-34(24(13)36)12-26(30,31)32/h9,13,18H,2-8,10-12H2,1H3. The van der Waals surface area contributed by atoms with Crippen molar-refractivity contribution in [1.29, 1.82) is 0 Å². The highest BCUT2D eigenvalue weighted by atomic mass is 35.5. The number of allylic oxidation sites excluding steroid dienone is 3. The molecule has 3 atom stereocenters. The van der Waals surface area contributed by atoms with Crippen molar-refractivity contribution in [2.45, 2.75) is 75.4 Å². The van der Waals surface area contributed by atoms with Crippen LogP contribution >= 0.6 is 34.5 Å². The number of fused-ring (bicyclic) bond motifs is 1. The highest BCUT2D eigenvalue weighted by Crippen LogP contribution is 2.44. The van der Waals surface area contributed by atoms with Gasteiger partial charge in [-0.2, -0.15) is 13.2 Å². The van der Waals surface area contributed by atoms with Gasteiger partial charge in [0.25, 0.3) is 0 Å². The van der Waals surface area contributed by atoms with Crippen LogP contribution in [0.25, 0.3) is 0 Å². The fourth-order valence-electron chi connectivity index (χ4n) is 5.69. The van der Waals surface area contributed by atoms with Crippen molar-refractivity contribution in [3.05, 3.63) is 43.4 Å². The lowest BCUT2D eigenvalue weighted by Gasteiger charge is -2.28. The maximum atomic E-state index is 14.0. The Hall–Kier alpha value is -1.91. The summed E-state index contributed by atoms with van der Waals surface area (Å²) in [7, 11) is 0. The largest absolute Gasteiger partial charge is 0.406 e. The molecule has 5 rings (SSSR count). The van der Waals surface area contributed by atoms with E-state index in [0.29, 0.717) is 17.0 Å². The molecule has 3 unspecified atom stereocenters. The van der Waals surface area contributed by atoms with E-state index in [9.17, 15) is 27.2 Å². The zero-order valence-corrected chi connectivity index (χ0v) is 22.9. The Morgan fingerprint density at radius 2 is 2.00 bits per heavy atom. The molecule has 1 aromatic heterocycles. The number of thiophene rings is 1. The van der Waals surface area contributed by atoms with Crippen molar-refractivity contribution in [1.82, 2.24) is 4.90 Å². The van der Waals surface area contributed by atoms with Crippen LogP contribution in [0, 0.1) is 5.92 Å². The summed E-state index contributed by atoms with van der Waals surface area (Å²) in [6.45, 7) is 0.554. The van der Waals surface area contributed by atoms with Crippen LogP contribution in [0.5, 0.6) is 0 Å². The van der Waals surface area contributed by atoms with Gasteiger partial charge in [0, 0.05) is 25.3 Å². The lowest BCUT2D eigenvalue weighted by atomic mass is 9.83. The zero-order valence-electron chi connectivity index (χ0n) is 20.6. The molecule has 1 fully saturated rings. The molecule has 0 bridgehead atoms. The fourth-order valence-corrected chi connectivity index (χ4v) is 7.62. The Labute approximate surface area is 231 Å². The van der Waals surface area contributed by atoms with Gasteiger partial charge in [-0.05, 0) is 68.2 Å². The van der Waals surface area contributed by atoms with E-state index < -0.39 is 41.4 Å². The third kappa shape index (κ3) is 5.28. The Kier molecular flexibility index (Phi) is 7.45. The molecule has 5 nitrogen and oxygen atoms in total. The molecule has 4 aliphatic rings. The van der Waals surface area contributed by atoms with Gasteiger partial charge in [0.1, 0.15) is 18.1 Å². The van der Waals surface area contributed by atoms with E-state index >= 15 is 0 Å². The van der Waals surface area contributed by atoms with Gasteiger partial charge in [0.2, 0.25) is 5.91 Å². The number of ketones is 1. The molecular weight excluding hydrogens is 567 g/mol. The van der Waals surface area contributed by atoms with Crippen LogP contribution in [0.2, 0.25) is 0 Å². The van der Waals surface area contributed by atoms with Crippen molar-refractivity contribution in [2.24, 2.45) is 11.1 Å². The summed E-state index contributed by atoms with van der Waals surface area (Å²) in [6.07, 6.45) is 1.19. The number of oxime groups is 1. The second-order valence-corrected chi connectivity index (χ2v) is 12.4. The number of hydrogen-bond donors (Lipinski definition) is 0. The van der Waals surface area contributed by atoms with Crippen molar-refractivity contribution in [2.75, 3.05) is 13.1 Å². The first-order valence-corrected chi connectivity index (χ1v) is 14.2. The first-order valence-electron chi connectivity index (χ1n) is 12.6. The molecule has 0 saturated carbocycles. The van der Waals surface area contributed by atoms with Crippen LogP contribution in [-0.2, 0) is 22.5 Å². The molecule has 1 saturated heterocycles. The van der Waals surface area contributed by atoms with Crippen molar-refractivity contribution >= 4 is 51.9 Å². The maximum Gasteiger partial charge on any atom is 0.406 e. The number of hydrogen-bond acceptors (Lipinski definition) is 5. The predicted octanol–water partition coefficient (Wildman–Crippen LogP) is 6.85. The number of nitrogens with zero attached hydrogens (tertiary/aromatic N) is 2. The molecule has 0 radical (unpaired) electrons. The fraction of sp³-hybridized carbons (Fsp3) is 0.577. The summed E-state index contributed by atoms with van der Waals surface area (Å²) < 4.78 is 52.4. The number of halogens is 6. The van der Waals surface area contributed by atoms with Crippen LogP contribution in [0.3, 0.4) is 0 Å². The summed E-state index contributed by atoms with van der Waals surface area (Å²) in [5.74, 6) is -2.16. The van der Waals surface area contributed by atoms with Crippen LogP contribution in [0.1, 0.15) is 71.1 Å². The molecule has 38 heavy (non-hydrogen) atoms. The molecule has 0 N–H and O–H groups in total. The number of alkyl halides is 4. The minimum Gasteiger partial charge on any atom is -0.384 e. The number of Topliss-reactive ketones (excluding diaryl/α,β-unsaturated/α-hetero) is 1. The molecule has 2 aliphatic heterocycles. The van der Waals surface area contributed by atoms with Gasteiger partial charge in [-0.25, -0.2) is 4.39 Å². The highest BCUT2D eigenvalue weighted by Gasteiger charge is 2.44. The quantitative estimate of drug-likeness (QED) is 0.206. The van der Waals surface area contributed by atoms with Crippen LogP contribution in [0.4, 0.5) is 17.6 Å². The summed E-state index contributed by atoms with van der Waals surface area (Å²) in [4.78, 5) is 34.0. The van der Waals surface area contributed by atoms with Gasteiger partial charge in [-0.1, -0.05) is 16.8 Å². The predicted molar refractivity (Wildman–Crippen MR) is 138 cm³/mol. The smallest absolute Gasteiger partial charge is 0.384 e. The minimum atomic E-state index is -4.47. The highest BCUT2D eigenvalue weighted by molar-refractivity contribution is 7.16. The van der Waals surface area contributed by atoms with Gasteiger partial charge in [0.05, 0.1) is 20.2 Å². The molecule has 3 heterocycles. The SMILES string of the molecule is CC1(C2=CC(Cl)=C(F)C(Cl)C2)CC(c2sc(C(=O)CC3CCN(CC(F)(F)F)C3=O)c3c2CCCC3)=NO1. The van der Waals surface area contributed by atoms with Crippen molar-refractivity contribution < 1.29 is 32.0 Å². The Bertz CT molecular complexity index is 1270. The van der Waals surface area contributed by atoms with E-state index in [1.54, 1.807) is 0 Å². The van der Waals surface area contributed by atoms with E-state index in [4.69, 9.17) is 28.0 Å². The normalized spacial score (nSPS) is 27.9. The Morgan fingerprint density at radius 1 is 1.29 bits per heavy atom. The maximum absolute atomic E-state index is 14.0. The first-order chi connectivity index (χ1) is 17.9. The Balaban J connectivity index is 1.35. The minimum absolute atomic E-state index is 0.00106. The molecule has 12 heteroatoms. The number of carbonyl (C=O) groups excluding carboxylic acids is 2. The summed E-state index contributed by atoms with van der Waals surface area (Å²) in [5, 5.41) is 3.42. The topological polar surface area (TPSA) is 59.0 Å². The number of carbonyl (C=O) groups is 2. The second-order valence-electron chi connectivity index (χ2n) is 10.5. The third-order valence-corrected chi connectivity index (χ3v) is 9.69. The first kappa shape index (κ1) is 27.6. The van der Waals surface area contributed by atoms with E-state index in [1.807, 2.05) is 6.92 Å². The molecule has 0 spiro atoms. The molecule has 0 aromatic carbocycles. The van der Waals surface area contributed by atoms with Crippen LogP contribution in [-0.4, -0.2) is 52.5 Å². The van der Waals surface area contributed by atoms with E-state index in [2.05, 4.69) is 5.16 Å². The molecule has 1 amide bonds. The summed E-state index contributed by atoms with van der Waals surface area (Å²) in [6, 6.07) is 0. The lowest BCUT2D eigenvalue weighted by molar-refractivity contribution is -0.158.